The van der Waals surface area contributed by atoms with E-state index in [0.29, 0.717) is 11.1 Å². The number of nitrogen functional groups attached to an aromatic ring is 1. The van der Waals surface area contributed by atoms with Gasteiger partial charge in [0.25, 0.3) is 0 Å². The molecule has 0 radical (unpaired) electrons. The maximum absolute atomic E-state index is 5.78. The Labute approximate surface area is 119 Å². The van der Waals surface area contributed by atoms with Crippen molar-refractivity contribution in [2.24, 2.45) is 0 Å². The zero-order valence-corrected chi connectivity index (χ0v) is 12.0. The molecule has 0 saturated carbocycles. The zero-order chi connectivity index (χ0) is 13.1. The first-order valence-corrected chi connectivity index (χ1v) is 7.85. The molecule has 8 heteroatoms. The molecule has 0 spiro atoms. The summed E-state index contributed by atoms with van der Waals surface area (Å²) in [7, 11) is 0. The van der Waals surface area contributed by atoms with E-state index < -0.39 is 0 Å². The van der Waals surface area contributed by atoms with Crippen molar-refractivity contribution in [2.75, 3.05) is 23.7 Å². The van der Waals surface area contributed by atoms with Crippen LogP contribution in [0.5, 0.6) is 0 Å². The normalized spacial score (nSPS) is 15.7. The summed E-state index contributed by atoms with van der Waals surface area (Å²) in [4.78, 5) is 19.3. The maximum atomic E-state index is 5.78. The lowest BCUT2D eigenvalue weighted by molar-refractivity contribution is 0.565. The largest absolute Gasteiger partial charge is 0.368 e. The average molecular weight is 294 g/mol. The first kappa shape index (κ1) is 12.6. The fraction of sp³-hybridized carbons (Fsp3) is 0.455. The number of anilines is 2. The van der Waals surface area contributed by atoms with Gasteiger partial charge in [-0.1, -0.05) is 0 Å². The second-order valence-corrected chi connectivity index (χ2v) is 6.33. The van der Waals surface area contributed by atoms with Gasteiger partial charge in [0.15, 0.2) is 4.34 Å². The van der Waals surface area contributed by atoms with Gasteiger partial charge in [0.1, 0.15) is 0 Å². The molecular formula is C11H14N6S2. The van der Waals surface area contributed by atoms with Crippen LogP contribution in [0.1, 0.15) is 19.3 Å². The molecule has 1 saturated heterocycles. The van der Waals surface area contributed by atoms with Gasteiger partial charge in [-0.25, -0.2) is 4.98 Å². The highest BCUT2D eigenvalue weighted by Crippen LogP contribution is 2.28. The molecule has 0 aliphatic carbocycles. The molecule has 3 rings (SSSR count). The lowest BCUT2D eigenvalue weighted by atomic mass is 10.1. The molecule has 2 aromatic rings. The Balaban J connectivity index is 1.82. The summed E-state index contributed by atoms with van der Waals surface area (Å²) in [5.74, 6) is 0.959. The van der Waals surface area contributed by atoms with Crippen LogP contribution in [0.15, 0.2) is 21.1 Å². The summed E-state index contributed by atoms with van der Waals surface area (Å²) >= 11 is 2.99. The molecule has 6 nitrogen and oxygen atoms in total. The molecule has 0 aromatic carbocycles. The van der Waals surface area contributed by atoms with Crippen LogP contribution in [0.3, 0.4) is 0 Å². The van der Waals surface area contributed by atoms with E-state index in [2.05, 4.69) is 24.8 Å². The number of thiazole rings is 1. The number of piperidine rings is 1. The Kier molecular flexibility index (Phi) is 3.79. The Morgan fingerprint density at radius 1 is 1.16 bits per heavy atom. The van der Waals surface area contributed by atoms with Crippen molar-refractivity contribution < 1.29 is 0 Å². The summed E-state index contributed by atoms with van der Waals surface area (Å²) in [6.07, 6.45) is 5.40. The number of nitrogens with two attached hydrogens (primary N) is 1. The van der Waals surface area contributed by atoms with Gasteiger partial charge < -0.3 is 10.6 Å². The van der Waals surface area contributed by atoms with Crippen molar-refractivity contribution in [2.45, 2.75) is 28.8 Å². The highest BCUT2D eigenvalue weighted by atomic mass is 32.2. The molecule has 1 aliphatic rings. The average Bonchev–Trinajstić information content (AvgIpc) is 2.92. The molecular weight excluding hydrogens is 280 g/mol. The van der Waals surface area contributed by atoms with Crippen LogP contribution in [-0.2, 0) is 0 Å². The summed E-state index contributed by atoms with van der Waals surface area (Å²) in [6.45, 7) is 1.98. The zero-order valence-electron chi connectivity index (χ0n) is 10.3. The second kappa shape index (κ2) is 5.70. The van der Waals surface area contributed by atoms with E-state index in [9.17, 15) is 0 Å². The molecule has 2 N–H and O–H groups in total. The minimum atomic E-state index is 0.273. The molecule has 3 heterocycles. The first-order valence-electron chi connectivity index (χ1n) is 6.15. The summed E-state index contributed by atoms with van der Waals surface area (Å²) in [5.41, 5.74) is 5.78. The summed E-state index contributed by atoms with van der Waals surface area (Å²) in [6, 6.07) is 0. The lowest BCUT2D eigenvalue weighted by Gasteiger charge is -2.26. The smallest absolute Gasteiger partial charge is 0.231 e. The molecule has 1 fully saturated rings. The number of hydrogen-bond donors (Lipinski definition) is 1. The quantitative estimate of drug-likeness (QED) is 0.927. The highest BCUT2D eigenvalue weighted by Gasteiger charge is 2.16. The SMILES string of the molecule is Nc1nc(Sc2nccs2)nc(N2CCCCC2)n1. The van der Waals surface area contributed by atoms with Crippen molar-refractivity contribution in [3.8, 4) is 0 Å². The van der Waals surface area contributed by atoms with Crippen LogP contribution in [-0.4, -0.2) is 33.0 Å². The van der Waals surface area contributed by atoms with Crippen LogP contribution in [0.2, 0.25) is 0 Å². The predicted molar refractivity (Wildman–Crippen MR) is 76.5 cm³/mol. The fourth-order valence-corrected chi connectivity index (χ4v) is 3.46. The molecule has 2 aromatic heterocycles. The van der Waals surface area contributed by atoms with Crippen LogP contribution in [0.25, 0.3) is 0 Å². The molecule has 19 heavy (non-hydrogen) atoms. The van der Waals surface area contributed by atoms with Crippen molar-refractivity contribution in [1.82, 2.24) is 19.9 Å². The van der Waals surface area contributed by atoms with E-state index >= 15 is 0 Å². The van der Waals surface area contributed by atoms with E-state index in [1.807, 2.05) is 5.38 Å². The van der Waals surface area contributed by atoms with Crippen molar-refractivity contribution in [1.29, 1.82) is 0 Å². The van der Waals surface area contributed by atoms with Gasteiger partial charge >= 0.3 is 0 Å². The summed E-state index contributed by atoms with van der Waals surface area (Å²) in [5, 5.41) is 2.54. The van der Waals surface area contributed by atoms with Crippen LogP contribution >= 0.6 is 23.1 Å². The van der Waals surface area contributed by atoms with Crippen molar-refractivity contribution >= 4 is 35.0 Å². The van der Waals surface area contributed by atoms with Crippen LogP contribution < -0.4 is 10.6 Å². The van der Waals surface area contributed by atoms with Crippen LogP contribution in [0, 0.1) is 0 Å². The Morgan fingerprint density at radius 2 is 2.00 bits per heavy atom. The predicted octanol–water partition coefficient (Wildman–Crippen LogP) is 2.05. The molecule has 0 amide bonds. The van der Waals surface area contributed by atoms with E-state index in [1.165, 1.54) is 31.0 Å². The molecule has 100 valence electrons. The third-order valence-electron chi connectivity index (χ3n) is 2.85. The first-order chi connectivity index (χ1) is 9.31. The fourth-order valence-electron chi connectivity index (χ4n) is 1.98. The van der Waals surface area contributed by atoms with Crippen molar-refractivity contribution in [3.63, 3.8) is 0 Å². The molecule has 0 bridgehead atoms. The molecule has 0 atom stereocenters. The number of rotatable bonds is 3. The third kappa shape index (κ3) is 3.13. The number of aromatic nitrogens is 4. The standard InChI is InChI=1S/C11H14N6S2/c12-8-14-9(17-5-2-1-3-6-17)16-10(15-8)19-11-13-4-7-18-11/h4,7H,1-3,5-6H2,(H2,12,14,15,16). The van der Waals surface area contributed by atoms with Gasteiger partial charge in [0.05, 0.1) is 0 Å². The Morgan fingerprint density at radius 3 is 2.74 bits per heavy atom. The second-order valence-electron chi connectivity index (χ2n) is 4.22. The maximum Gasteiger partial charge on any atom is 0.231 e. The van der Waals surface area contributed by atoms with Gasteiger partial charge in [-0.3, -0.25) is 0 Å². The monoisotopic (exact) mass is 294 g/mol. The van der Waals surface area contributed by atoms with E-state index in [-0.39, 0.29) is 5.95 Å². The summed E-state index contributed by atoms with van der Waals surface area (Å²) < 4.78 is 0.912. The molecule has 1 aliphatic heterocycles. The van der Waals surface area contributed by atoms with E-state index in [1.54, 1.807) is 17.5 Å². The van der Waals surface area contributed by atoms with Crippen molar-refractivity contribution in [3.05, 3.63) is 11.6 Å². The lowest BCUT2D eigenvalue weighted by Crippen LogP contribution is -2.31. The van der Waals surface area contributed by atoms with Gasteiger partial charge in [0.2, 0.25) is 17.1 Å². The minimum absolute atomic E-state index is 0.273. The van der Waals surface area contributed by atoms with E-state index in [4.69, 9.17) is 5.73 Å². The van der Waals surface area contributed by atoms with Gasteiger partial charge in [0, 0.05) is 24.7 Å². The van der Waals surface area contributed by atoms with Gasteiger partial charge in [-0.2, -0.15) is 15.0 Å². The highest BCUT2D eigenvalue weighted by molar-refractivity contribution is 8.00. The topological polar surface area (TPSA) is 80.8 Å². The van der Waals surface area contributed by atoms with Gasteiger partial charge in [-0.15, -0.1) is 11.3 Å². The Hall–Kier alpha value is -1.41. The van der Waals surface area contributed by atoms with E-state index in [0.717, 1.165) is 17.4 Å². The number of nitrogens with zero attached hydrogens (tertiary/aromatic N) is 5. The Bertz CT molecular complexity index is 538. The minimum Gasteiger partial charge on any atom is -0.368 e. The third-order valence-corrected chi connectivity index (χ3v) is 4.60. The van der Waals surface area contributed by atoms with Gasteiger partial charge in [-0.05, 0) is 31.0 Å². The van der Waals surface area contributed by atoms with Crippen LogP contribution in [0.4, 0.5) is 11.9 Å². The number of hydrogen-bond acceptors (Lipinski definition) is 8. The molecule has 0 unspecified atom stereocenters.